The number of aliphatic imine (C=N–C) groups is 1. The zero-order valence-electron chi connectivity index (χ0n) is 19.4. The standard InChI is InChI=1S/C24H33ClN6S/c1-8-22(18(5)29-24-19(6)27-10-9-21(24)25)32-20(7)30-23(28-16(2)3)15-17(4)31-13-11-26-12-14-31/h8-10,15,26,29H,2,5,7,11-14H2,1,3-4,6H3,(H,28,30)/b17-15+,22-8-. The number of amidine groups is 1. The molecule has 32 heavy (non-hydrogen) atoms. The van der Waals surface area contributed by atoms with Crippen LogP contribution in [0.2, 0.25) is 5.02 Å². The summed E-state index contributed by atoms with van der Waals surface area (Å²) < 4.78 is 0. The average Bonchev–Trinajstić information content (AvgIpc) is 2.74. The summed E-state index contributed by atoms with van der Waals surface area (Å²) >= 11 is 7.79. The Labute approximate surface area is 201 Å². The van der Waals surface area contributed by atoms with Gasteiger partial charge in [-0.2, -0.15) is 0 Å². The second-order valence-electron chi connectivity index (χ2n) is 7.41. The predicted octanol–water partition coefficient (Wildman–Crippen LogP) is 5.41. The van der Waals surface area contributed by atoms with E-state index in [-0.39, 0.29) is 0 Å². The van der Waals surface area contributed by atoms with Gasteiger partial charge < -0.3 is 20.9 Å². The summed E-state index contributed by atoms with van der Waals surface area (Å²) in [5.41, 5.74) is 4.13. The third-order valence-corrected chi connectivity index (χ3v) is 6.06. The second-order valence-corrected chi connectivity index (χ2v) is 8.96. The first-order valence-electron chi connectivity index (χ1n) is 10.5. The zero-order chi connectivity index (χ0) is 23.7. The Morgan fingerprint density at radius 2 is 1.97 bits per heavy atom. The van der Waals surface area contributed by atoms with Crippen LogP contribution in [0.4, 0.5) is 5.69 Å². The van der Waals surface area contributed by atoms with Crippen molar-refractivity contribution in [2.75, 3.05) is 31.5 Å². The number of nitrogens with zero attached hydrogens (tertiary/aromatic N) is 3. The predicted molar refractivity (Wildman–Crippen MR) is 141 cm³/mol. The smallest absolute Gasteiger partial charge is 0.132 e. The number of hydrogen-bond acceptors (Lipinski definition) is 6. The van der Waals surface area contributed by atoms with E-state index in [1.807, 2.05) is 32.9 Å². The molecule has 0 aromatic carbocycles. The largest absolute Gasteiger partial charge is 0.372 e. The number of aryl methyl sites for hydroxylation is 1. The lowest BCUT2D eigenvalue weighted by Crippen LogP contribution is -2.42. The highest BCUT2D eigenvalue weighted by Gasteiger charge is 2.13. The number of aromatic nitrogens is 1. The summed E-state index contributed by atoms with van der Waals surface area (Å²) in [6.07, 6.45) is 5.69. The summed E-state index contributed by atoms with van der Waals surface area (Å²) in [5.74, 6) is 0.700. The van der Waals surface area contributed by atoms with Crippen molar-refractivity contribution in [2.24, 2.45) is 4.99 Å². The molecule has 0 spiro atoms. The molecule has 0 unspecified atom stereocenters. The molecule has 0 bridgehead atoms. The normalized spacial score (nSPS) is 15.4. The Bertz CT molecular complexity index is 937. The van der Waals surface area contributed by atoms with Gasteiger partial charge in [0.25, 0.3) is 0 Å². The fraction of sp³-hybridized carbons (Fsp3) is 0.333. The number of thioether (sulfide) groups is 1. The number of pyridine rings is 1. The third-order valence-electron chi connectivity index (χ3n) is 4.70. The number of anilines is 1. The Morgan fingerprint density at radius 1 is 1.28 bits per heavy atom. The molecule has 0 amide bonds. The highest BCUT2D eigenvalue weighted by Crippen LogP contribution is 2.32. The lowest BCUT2D eigenvalue weighted by molar-refractivity contribution is 0.300. The van der Waals surface area contributed by atoms with Crippen LogP contribution < -0.4 is 16.0 Å². The van der Waals surface area contributed by atoms with Crippen molar-refractivity contribution in [3.8, 4) is 0 Å². The van der Waals surface area contributed by atoms with Crippen LogP contribution in [-0.2, 0) is 0 Å². The van der Waals surface area contributed by atoms with Crippen LogP contribution >= 0.6 is 23.4 Å². The van der Waals surface area contributed by atoms with Crippen LogP contribution in [0, 0.1) is 6.92 Å². The Hall–Kier alpha value is -2.48. The molecule has 172 valence electrons. The van der Waals surface area contributed by atoms with Crippen LogP contribution in [0.15, 0.2) is 76.2 Å². The molecule has 8 heteroatoms. The van der Waals surface area contributed by atoms with Crippen LogP contribution in [0.5, 0.6) is 0 Å². The topological polar surface area (TPSA) is 64.6 Å². The van der Waals surface area contributed by atoms with Crippen molar-refractivity contribution in [3.05, 3.63) is 81.9 Å². The van der Waals surface area contributed by atoms with Gasteiger partial charge in [-0.1, -0.05) is 49.2 Å². The molecule has 6 nitrogen and oxygen atoms in total. The number of hydrogen-bond donors (Lipinski definition) is 3. The maximum Gasteiger partial charge on any atom is 0.132 e. The van der Waals surface area contributed by atoms with Crippen molar-refractivity contribution in [1.82, 2.24) is 20.5 Å². The first kappa shape index (κ1) is 25.8. The first-order valence-corrected chi connectivity index (χ1v) is 11.7. The van der Waals surface area contributed by atoms with Crippen LogP contribution in [0.1, 0.15) is 26.5 Å². The number of rotatable bonds is 9. The molecule has 1 fully saturated rings. The van der Waals surface area contributed by atoms with Gasteiger partial charge in [0.1, 0.15) is 5.84 Å². The molecule has 2 heterocycles. The summed E-state index contributed by atoms with van der Waals surface area (Å²) in [4.78, 5) is 12.1. The molecule has 3 N–H and O–H groups in total. The molecule has 2 rings (SSSR count). The van der Waals surface area contributed by atoms with Gasteiger partial charge in [0.15, 0.2) is 0 Å². The molecule has 0 aliphatic carbocycles. The van der Waals surface area contributed by atoms with Crippen molar-refractivity contribution in [3.63, 3.8) is 0 Å². The molecule has 0 saturated carbocycles. The van der Waals surface area contributed by atoms with E-state index in [1.54, 1.807) is 12.3 Å². The zero-order valence-corrected chi connectivity index (χ0v) is 21.0. The van der Waals surface area contributed by atoms with Crippen molar-refractivity contribution in [1.29, 1.82) is 0 Å². The van der Waals surface area contributed by atoms with E-state index in [0.29, 0.717) is 22.3 Å². The maximum atomic E-state index is 6.32. The lowest BCUT2D eigenvalue weighted by atomic mass is 10.3. The van der Waals surface area contributed by atoms with Gasteiger partial charge in [-0.25, -0.2) is 4.99 Å². The lowest BCUT2D eigenvalue weighted by Gasteiger charge is -2.30. The summed E-state index contributed by atoms with van der Waals surface area (Å²) in [5, 5.41) is 11.3. The van der Waals surface area contributed by atoms with E-state index in [2.05, 4.69) is 57.5 Å². The molecule has 1 aliphatic heterocycles. The van der Waals surface area contributed by atoms with E-state index in [9.17, 15) is 0 Å². The van der Waals surface area contributed by atoms with Gasteiger partial charge in [0.2, 0.25) is 0 Å². The van der Waals surface area contributed by atoms with Gasteiger partial charge in [-0.05, 0) is 39.8 Å². The average molecular weight is 473 g/mol. The SMILES string of the molecule is C=C(C)/N=C(\C=C(/C)N1CCNCC1)NC(=C)S/C(=C\C)C(=C)Nc1c(Cl)ccnc1C. The quantitative estimate of drug-likeness (QED) is 0.254. The highest BCUT2D eigenvalue weighted by molar-refractivity contribution is 8.06. The Morgan fingerprint density at radius 3 is 2.56 bits per heavy atom. The minimum absolute atomic E-state index is 0.598. The fourth-order valence-corrected chi connectivity index (χ4v) is 4.06. The summed E-state index contributed by atoms with van der Waals surface area (Å²) in [7, 11) is 0. The van der Waals surface area contributed by atoms with E-state index in [4.69, 9.17) is 11.6 Å². The van der Waals surface area contributed by atoms with Crippen LogP contribution in [0.3, 0.4) is 0 Å². The number of halogens is 1. The van der Waals surface area contributed by atoms with Gasteiger partial charge in [-0.15, -0.1) is 0 Å². The summed E-state index contributed by atoms with van der Waals surface area (Å²) in [6.45, 7) is 24.0. The number of piperazine rings is 1. The van der Waals surface area contributed by atoms with E-state index in [1.165, 1.54) is 11.8 Å². The Balaban J connectivity index is 2.08. The van der Waals surface area contributed by atoms with Gasteiger partial charge in [0.05, 0.1) is 21.4 Å². The van der Waals surface area contributed by atoms with Gasteiger partial charge >= 0.3 is 0 Å². The van der Waals surface area contributed by atoms with E-state index < -0.39 is 0 Å². The molecule has 1 aromatic heterocycles. The molecular formula is C24H33ClN6S. The molecule has 1 saturated heterocycles. The maximum absolute atomic E-state index is 6.32. The van der Waals surface area contributed by atoms with Crippen molar-refractivity contribution in [2.45, 2.75) is 27.7 Å². The minimum atomic E-state index is 0.598. The molecule has 0 radical (unpaired) electrons. The van der Waals surface area contributed by atoms with Crippen LogP contribution in [-0.4, -0.2) is 41.9 Å². The van der Waals surface area contributed by atoms with Crippen molar-refractivity contribution < 1.29 is 0 Å². The monoisotopic (exact) mass is 472 g/mol. The number of nitrogens with one attached hydrogen (secondary N) is 3. The third kappa shape index (κ3) is 7.89. The van der Waals surface area contributed by atoms with Crippen LogP contribution in [0.25, 0.3) is 0 Å². The van der Waals surface area contributed by atoms with Gasteiger partial charge in [0, 0.05) is 54.4 Å². The first-order chi connectivity index (χ1) is 15.2. The second kappa shape index (κ2) is 12.5. The minimum Gasteiger partial charge on any atom is -0.372 e. The molecule has 0 atom stereocenters. The van der Waals surface area contributed by atoms with Gasteiger partial charge in [-0.3, -0.25) is 4.98 Å². The van der Waals surface area contributed by atoms with E-state index >= 15 is 0 Å². The molecule has 1 aromatic rings. The molecular weight excluding hydrogens is 440 g/mol. The number of allylic oxidation sites excluding steroid dienone is 3. The molecule has 1 aliphatic rings. The fourth-order valence-electron chi connectivity index (χ4n) is 3.10. The highest BCUT2D eigenvalue weighted by atomic mass is 35.5. The summed E-state index contributed by atoms with van der Waals surface area (Å²) in [6, 6.07) is 1.75. The van der Waals surface area contributed by atoms with E-state index in [0.717, 1.165) is 53.2 Å². The van der Waals surface area contributed by atoms with Crippen molar-refractivity contribution >= 4 is 34.9 Å². The Kier molecular flexibility index (Phi) is 10.1.